The number of rotatable bonds is 15. The van der Waals surface area contributed by atoms with E-state index in [4.69, 9.17) is 18.9 Å². The fourth-order valence-corrected chi connectivity index (χ4v) is 5.65. The first-order chi connectivity index (χ1) is 18.3. The zero-order chi connectivity index (χ0) is 28.6. The topological polar surface area (TPSA) is 64.2 Å². The molecule has 1 unspecified atom stereocenters. The van der Waals surface area contributed by atoms with E-state index in [2.05, 4.69) is 64.1 Å². The summed E-state index contributed by atoms with van der Waals surface area (Å²) in [6, 6.07) is 0. The smallest absolute Gasteiger partial charge is 0.127 e. The van der Waals surface area contributed by atoms with Gasteiger partial charge >= 0.3 is 0 Å². The van der Waals surface area contributed by atoms with Crippen LogP contribution >= 0.6 is 0 Å². The molecule has 2 N–H and O–H groups in total. The Morgan fingerprint density at radius 2 is 1.62 bits per heavy atom. The van der Waals surface area contributed by atoms with Gasteiger partial charge in [-0.1, -0.05) is 0 Å². The third-order valence-electron chi connectivity index (χ3n) is 8.96. The summed E-state index contributed by atoms with van der Waals surface area (Å²) in [7, 11) is 2.16. The van der Waals surface area contributed by atoms with E-state index in [0.717, 1.165) is 78.0 Å². The van der Waals surface area contributed by atoms with Crippen LogP contribution in [0.4, 0.5) is 4.39 Å². The van der Waals surface area contributed by atoms with E-state index in [-0.39, 0.29) is 22.8 Å². The Morgan fingerprint density at radius 1 is 0.923 bits per heavy atom. The minimum atomic E-state index is -1.14. The summed E-state index contributed by atoms with van der Waals surface area (Å²) in [5, 5.41) is 7.15. The van der Waals surface area contributed by atoms with Crippen molar-refractivity contribution in [2.75, 3.05) is 66.3 Å². The molecule has 0 bridgehead atoms. The van der Waals surface area contributed by atoms with Crippen molar-refractivity contribution in [2.45, 2.75) is 127 Å². The molecule has 0 aromatic heterocycles. The molecule has 7 nitrogen and oxygen atoms in total. The Kier molecular flexibility index (Phi) is 12.5. The number of halogens is 1. The first kappa shape index (κ1) is 33.2. The molecule has 230 valence electrons. The van der Waals surface area contributed by atoms with E-state index in [1.54, 1.807) is 0 Å². The molecule has 39 heavy (non-hydrogen) atoms. The second-order valence-corrected chi connectivity index (χ2v) is 14.5. The van der Waals surface area contributed by atoms with E-state index in [1.165, 1.54) is 0 Å². The van der Waals surface area contributed by atoms with Crippen LogP contribution < -0.4 is 10.6 Å². The summed E-state index contributed by atoms with van der Waals surface area (Å²) >= 11 is 0. The van der Waals surface area contributed by atoms with Crippen molar-refractivity contribution < 1.29 is 23.3 Å². The van der Waals surface area contributed by atoms with Gasteiger partial charge in [-0.15, -0.1) is 0 Å². The highest BCUT2D eigenvalue weighted by Crippen LogP contribution is 2.31. The fourth-order valence-electron chi connectivity index (χ4n) is 5.65. The Morgan fingerprint density at radius 3 is 2.28 bits per heavy atom. The minimum absolute atomic E-state index is 0.0679. The zero-order valence-corrected chi connectivity index (χ0v) is 26.2. The highest BCUT2D eigenvalue weighted by molar-refractivity contribution is 4.90. The van der Waals surface area contributed by atoms with E-state index >= 15 is 0 Å². The second-order valence-electron chi connectivity index (χ2n) is 14.5. The van der Waals surface area contributed by atoms with Crippen LogP contribution in [-0.4, -0.2) is 106 Å². The van der Waals surface area contributed by atoms with Gasteiger partial charge in [0.2, 0.25) is 0 Å². The number of ether oxygens (including phenoxy) is 4. The lowest BCUT2D eigenvalue weighted by Crippen LogP contribution is -2.51. The molecule has 2 saturated heterocycles. The first-order valence-corrected chi connectivity index (χ1v) is 15.6. The average molecular weight is 558 g/mol. The van der Waals surface area contributed by atoms with Crippen molar-refractivity contribution >= 4 is 0 Å². The molecule has 1 aliphatic carbocycles. The lowest BCUT2D eigenvalue weighted by atomic mass is 9.87. The lowest BCUT2D eigenvalue weighted by molar-refractivity contribution is -0.0645. The average Bonchev–Trinajstić information content (AvgIpc) is 2.89. The van der Waals surface area contributed by atoms with Crippen molar-refractivity contribution in [2.24, 2.45) is 5.92 Å². The van der Waals surface area contributed by atoms with Crippen LogP contribution in [0.25, 0.3) is 0 Å². The summed E-state index contributed by atoms with van der Waals surface area (Å²) in [5.74, 6) is 0.599. The molecule has 0 aromatic carbocycles. The normalized spacial score (nSPS) is 27.5. The molecule has 0 spiro atoms. The number of morpholine rings is 1. The van der Waals surface area contributed by atoms with Crippen molar-refractivity contribution in [1.29, 1.82) is 0 Å². The van der Waals surface area contributed by atoms with E-state index in [9.17, 15) is 4.39 Å². The van der Waals surface area contributed by atoms with Gasteiger partial charge in [-0.2, -0.15) is 0 Å². The predicted molar refractivity (Wildman–Crippen MR) is 156 cm³/mol. The maximum Gasteiger partial charge on any atom is 0.127 e. The van der Waals surface area contributed by atoms with Gasteiger partial charge in [0, 0.05) is 63.3 Å². The maximum atomic E-state index is 15.0. The molecular formula is C31H60FN3O4. The Balaban J connectivity index is 1.27. The number of alkyl halides is 1. The molecule has 1 saturated carbocycles. The molecule has 2 heterocycles. The Bertz CT molecular complexity index is 706. The van der Waals surface area contributed by atoms with Crippen molar-refractivity contribution in [3.05, 3.63) is 0 Å². The van der Waals surface area contributed by atoms with E-state index < -0.39 is 5.67 Å². The largest absolute Gasteiger partial charge is 0.381 e. The van der Waals surface area contributed by atoms with Gasteiger partial charge in [0.1, 0.15) is 5.67 Å². The van der Waals surface area contributed by atoms with Crippen LogP contribution in [0.3, 0.4) is 0 Å². The first-order valence-electron chi connectivity index (χ1n) is 15.6. The Labute approximate surface area is 238 Å². The summed E-state index contributed by atoms with van der Waals surface area (Å²) in [4.78, 5) is 2.33. The predicted octanol–water partition coefficient (Wildman–Crippen LogP) is 4.72. The van der Waals surface area contributed by atoms with Crippen LogP contribution in [0.5, 0.6) is 0 Å². The number of nitrogens with zero attached hydrogens (tertiary/aromatic N) is 1. The monoisotopic (exact) mass is 557 g/mol. The van der Waals surface area contributed by atoms with Gasteiger partial charge in [-0.3, -0.25) is 0 Å². The van der Waals surface area contributed by atoms with Gasteiger partial charge in [-0.05, 0) is 93.0 Å². The number of hydrogen-bond donors (Lipinski definition) is 2. The molecule has 0 amide bonds. The van der Waals surface area contributed by atoms with Gasteiger partial charge in [0.05, 0.1) is 37.6 Å². The third-order valence-corrected chi connectivity index (χ3v) is 8.96. The molecule has 3 fully saturated rings. The van der Waals surface area contributed by atoms with Gasteiger partial charge in [0.25, 0.3) is 0 Å². The maximum absolute atomic E-state index is 15.0. The molecule has 3 rings (SSSR count). The molecule has 8 heteroatoms. The van der Waals surface area contributed by atoms with Crippen LogP contribution in [0, 0.1) is 5.92 Å². The number of nitrogens with one attached hydrogen (secondary N) is 2. The van der Waals surface area contributed by atoms with E-state index in [0.29, 0.717) is 44.6 Å². The standard InChI is InChI=1S/C31H60FN3O4/c1-28(2,34-23-31(32)14-17-36-18-15-31)12-13-30(5,6)39-22-25-8-10-26(11-9-25)38-24-29(3,4)33-20-27-21-35(7)16-19-37-27/h25-27,33-34H,8-24H2,1-7H3. The van der Waals surface area contributed by atoms with Crippen LogP contribution in [-0.2, 0) is 18.9 Å². The lowest BCUT2D eigenvalue weighted by Gasteiger charge is -2.37. The molecule has 0 aromatic rings. The molecular weight excluding hydrogens is 497 g/mol. The van der Waals surface area contributed by atoms with Crippen molar-refractivity contribution in [3.63, 3.8) is 0 Å². The fraction of sp³-hybridized carbons (Fsp3) is 1.00. The number of likely N-dealkylation sites (N-methyl/N-ethyl adjacent to an activating group) is 1. The molecule has 3 aliphatic rings. The van der Waals surface area contributed by atoms with Crippen molar-refractivity contribution in [3.8, 4) is 0 Å². The minimum Gasteiger partial charge on any atom is -0.381 e. The van der Waals surface area contributed by atoms with Crippen LogP contribution in [0.1, 0.15) is 92.9 Å². The van der Waals surface area contributed by atoms with Gasteiger partial charge in [-0.25, -0.2) is 4.39 Å². The van der Waals surface area contributed by atoms with Crippen LogP contribution in [0.15, 0.2) is 0 Å². The summed E-state index contributed by atoms with van der Waals surface area (Å²) in [6.07, 6.45) is 7.98. The summed E-state index contributed by atoms with van der Waals surface area (Å²) in [5.41, 5.74) is -1.53. The summed E-state index contributed by atoms with van der Waals surface area (Å²) < 4.78 is 39.0. The Hall–Kier alpha value is -0.350. The SMILES string of the molecule is CN1CCOC(CNC(C)(C)COC2CCC(COC(C)(C)CCC(C)(C)NCC3(F)CCOCC3)CC2)C1. The molecule has 0 radical (unpaired) electrons. The van der Waals surface area contributed by atoms with E-state index in [1.807, 2.05) is 0 Å². The van der Waals surface area contributed by atoms with Gasteiger partial charge in [0.15, 0.2) is 0 Å². The second kappa shape index (κ2) is 14.7. The van der Waals surface area contributed by atoms with Crippen LogP contribution in [0.2, 0.25) is 0 Å². The zero-order valence-electron chi connectivity index (χ0n) is 26.2. The summed E-state index contributed by atoms with van der Waals surface area (Å²) in [6.45, 7) is 19.8. The quantitative estimate of drug-likeness (QED) is 0.302. The number of hydrogen-bond acceptors (Lipinski definition) is 7. The van der Waals surface area contributed by atoms with Gasteiger partial charge < -0.3 is 34.5 Å². The highest BCUT2D eigenvalue weighted by Gasteiger charge is 2.35. The third kappa shape index (κ3) is 12.6. The molecule has 2 aliphatic heterocycles. The van der Waals surface area contributed by atoms with Crippen molar-refractivity contribution in [1.82, 2.24) is 15.5 Å². The highest BCUT2D eigenvalue weighted by atomic mass is 19.1. The molecule has 1 atom stereocenters.